The standard InChI is InChI=1S/C25H26N2O6/c1-14(23(28)27-20-10-11-32-22(20)12-21(27)24(29)30)26-25(31)33-13-19-17-8-4-2-6-15(17)16-7-3-5-9-18(16)19/h2-9,14,19-22H,10-13H2,1H3,(H,26,31)(H,29,30). The second-order valence-corrected chi connectivity index (χ2v) is 8.79. The number of fused-ring (bicyclic) bond motifs is 4. The zero-order chi connectivity index (χ0) is 23.1. The molecular weight excluding hydrogens is 424 g/mol. The van der Waals surface area contributed by atoms with E-state index in [2.05, 4.69) is 17.4 Å². The third kappa shape index (κ3) is 3.74. The van der Waals surface area contributed by atoms with Gasteiger partial charge in [-0.05, 0) is 35.6 Å². The molecule has 172 valence electrons. The summed E-state index contributed by atoms with van der Waals surface area (Å²) in [5.74, 6) is -1.58. The highest BCUT2D eigenvalue weighted by Gasteiger charge is 2.50. The highest BCUT2D eigenvalue weighted by atomic mass is 16.5. The molecule has 0 saturated carbocycles. The number of carboxylic acids is 1. The molecule has 2 N–H and O–H groups in total. The zero-order valence-corrected chi connectivity index (χ0v) is 18.3. The number of carbonyl (C=O) groups is 3. The molecule has 2 aromatic rings. The van der Waals surface area contributed by atoms with Crippen LogP contribution in [0, 0.1) is 0 Å². The van der Waals surface area contributed by atoms with Crippen molar-refractivity contribution in [2.75, 3.05) is 13.2 Å². The third-order valence-electron chi connectivity index (χ3n) is 6.91. The number of aliphatic carboxylic acids is 1. The lowest BCUT2D eigenvalue weighted by atomic mass is 9.98. The topological polar surface area (TPSA) is 105 Å². The van der Waals surface area contributed by atoms with Crippen LogP contribution in [0.3, 0.4) is 0 Å². The van der Waals surface area contributed by atoms with E-state index in [1.165, 1.54) is 4.90 Å². The minimum absolute atomic E-state index is 0.0828. The van der Waals surface area contributed by atoms with Gasteiger partial charge in [0.15, 0.2) is 0 Å². The van der Waals surface area contributed by atoms with E-state index >= 15 is 0 Å². The summed E-state index contributed by atoms with van der Waals surface area (Å²) >= 11 is 0. The summed E-state index contributed by atoms with van der Waals surface area (Å²) in [5.41, 5.74) is 4.47. The van der Waals surface area contributed by atoms with Crippen LogP contribution in [0.5, 0.6) is 0 Å². The molecule has 5 rings (SSSR count). The molecule has 2 amide bonds. The van der Waals surface area contributed by atoms with Crippen LogP contribution in [-0.4, -0.2) is 65.4 Å². The molecule has 2 saturated heterocycles. The van der Waals surface area contributed by atoms with E-state index < -0.39 is 30.1 Å². The highest BCUT2D eigenvalue weighted by molar-refractivity contribution is 5.90. The lowest BCUT2D eigenvalue weighted by Gasteiger charge is -2.29. The Kier molecular flexibility index (Phi) is 5.54. The summed E-state index contributed by atoms with van der Waals surface area (Å²) in [6.07, 6.45) is -0.110. The Hall–Kier alpha value is -3.39. The molecule has 0 bridgehead atoms. The first kappa shape index (κ1) is 21.5. The van der Waals surface area contributed by atoms with E-state index in [4.69, 9.17) is 9.47 Å². The number of nitrogens with one attached hydrogen (secondary N) is 1. The predicted molar refractivity (Wildman–Crippen MR) is 119 cm³/mol. The number of hydrogen-bond acceptors (Lipinski definition) is 5. The van der Waals surface area contributed by atoms with Gasteiger partial charge in [0.1, 0.15) is 18.7 Å². The Morgan fingerprint density at radius 1 is 1.12 bits per heavy atom. The molecule has 4 unspecified atom stereocenters. The Morgan fingerprint density at radius 2 is 1.76 bits per heavy atom. The molecule has 0 aromatic heterocycles. The van der Waals surface area contributed by atoms with Crippen LogP contribution in [0.25, 0.3) is 11.1 Å². The van der Waals surface area contributed by atoms with Gasteiger partial charge in [0.2, 0.25) is 5.91 Å². The number of hydrogen-bond donors (Lipinski definition) is 2. The minimum Gasteiger partial charge on any atom is -0.480 e. The van der Waals surface area contributed by atoms with Crippen LogP contribution < -0.4 is 5.32 Å². The quantitative estimate of drug-likeness (QED) is 0.726. The molecule has 2 aromatic carbocycles. The molecule has 0 spiro atoms. The van der Waals surface area contributed by atoms with E-state index in [1.54, 1.807) is 6.92 Å². The Balaban J connectivity index is 1.24. The van der Waals surface area contributed by atoms with Crippen molar-refractivity contribution in [3.8, 4) is 11.1 Å². The van der Waals surface area contributed by atoms with Gasteiger partial charge in [-0.3, -0.25) is 4.79 Å². The van der Waals surface area contributed by atoms with Crippen molar-refractivity contribution >= 4 is 18.0 Å². The van der Waals surface area contributed by atoms with Gasteiger partial charge >= 0.3 is 12.1 Å². The Labute approximate surface area is 191 Å². The zero-order valence-electron chi connectivity index (χ0n) is 18.3. The fraction of sp³-hybridized carbons (Fsp3) is 0.400. The fourth-order valence-electron chi connectivity index (χ4n) is 5.38. The van der Waals surface area contributed by atoms with Crippen LogP contribution in [-0.2, 0) is 19.1 Å². The Morgan fingerprint density at radius 3 is 2.39 bits per heavy atom. The van der Waals surface area contributed by atoms with Crippen LogP contribution in [0.4, 0.5) is 4.79 Å². The number of carbonyl (C=O) groups excluding carboxylic acids is 2. The monoisotopic (exact) mass is 450 g/mol. The molecule has 1 aliphatic carbocycles. The molecule has 8 heteroatoms. The number of nitrogens with zero attached hydrogens (tertiary/aromatic N) is 1. The summed E-state index contributed by atoms with van der Waals surface area (Å²) in [4.78, 5) is 38.7. The van der Waals surface area contributed by atoms with Gasteiger partial charge < -0.3 is 24.8 Å². The number of rotatable bonds is 5. The molecular formula is C25H26N2O6. The molecule has 0 radical (unpaired) electrons. The SMILES string of the molecule is CC(NC(=O)OCC1c2ccccc2-c2ccccc21)C(=O)N1C(C(=O)O)CC2OCCC21. The predicted octanol–water partition coefficient (Wildman–Crippen LogP) is 2.76. The van der Waals surface area contributed by atoms with Crippen molar-refractivity contribution in [1.82, 2.24) is 10.2 Å². The lowest BCUT2D eigenvalue weighted by Crippen LogP contribution is -2.53. The number of ether oxygens (including phenoxy) is 2. The van der Waals surface area contributed by atoms with Gasteiger partial charge in [-0.15, -0.1) is 0 Å². The first-order chi connectivity index (χ1) is 16.0. The third-order valence-corrected chi connectivity index (χ3v) is 6.91. The first-order valence-corrected chi connectivity index (χ1v) is 11.2. The molecule has 3 aliphatic rings. The van der Waals surface area contributed by atoms with Crippen LogP contribution in [0.2, 0.25) is 0 Å². The number of benzene rings is 2. The summed E-state index contributed by atoms with van der Waals surface area (Å²) < 4.78 is 11.1. The van der Waals surface area contributed by atoms with Crippen LogP contribution in [0.1, 0.15) is 36.8 Å². The molecule has 8 nitrogen and oxygen atoms in total. The van der Waals surface area contributed by atoms with Crippen LogP contribution >= 0.6 is 0 Å². The summed E-state index contributed by atoms with van der Waals surface area (Å²) in [6.45, 7) is 2.19. The number of likely N-dealkylation sites (tertiary alicyclic amines) is 1. The summed E-state index contributed by atoms with van der Waals surface area (Å²) in [7, 11) is 0. The average molecular weight is 450 g/mol. The minimum atomic E-state index is -1.06. The fourth-order valence-corrected chi connectivity index (χ4v) is 5.38. The number of carboxylic acid groups (broad SMARTS) is 1. The largest absolute Gasteiger partial charge is 0.480 e. The Bertz CT molecular complexity index is 1060. The van der Waals surface area contributed by atoms with Gasteiger partial charge in [0, 0.05) is 18.9 Å². The van der Waals surface area contributed by atoms with Gasteiger partial charge in [-0.25, -0.2) is 9.59 Å². The van der Waals surface area contributed by atoms with Crippen molar-refractivity contribution in [3.05, 3.63) is 59.7 Å². The van der Waals surface area contributed by atoms with E-state index in [1.807, 2.05) is 36.4 Å². The number of alkyl carbamates (subject to hydrolysis) is 1. The summed E-state index contributed by atoms with van der Waals surface area (Å²) in [5, 5.41) is 12.1. The highest BCUT2D eigenvalue weighted by Crippen LogP contribution is 2.44. The van der Waals surface area contributed by atoms with E-state index in [9.17, 15) is 19.5 Å². The van der Waals surface area contributed by atoms with Crippen molar-refractivity contribution in [3.63, 3.8) is 0 Å². The van der Waals surface area contributed by atoms with Crippen molar-refractivity contribution < 1.29 is 29.0 Å². The first-order valence-electron chi connectivity index (χ1n) is 11.2. The molecule has 2 fully saturated rings. The van der Waals surface area contributed by atoms with E-state index in [-0.39, 0.29) is 31.1 Å². The van der Waals surface area contributed by atoms with Gasteiger partial charge in [-0.1, -0.05) is 48.5 Å². The maximum atomic E-state index is 13.1. The van der Waals surface area contributed by atoms with E-state index in [0.29, 0.717) is 13.0 Å². The van der Waals surface area contributed by atoms with Crippen molar-refractivity contribution in [1.29, 1.82) is 0 Å². The second kappa shape index (κ2) is 8.51. The smallest absolute Gasteiger partial charge is 0.407 e. The molecule has 2 aliphatic heterocycles. The van der Waals surface area contributed by atoms with E-state index in [0.717, 1.165) is 22.3 Å². The van der Waals surface area contributed by atoms with Gasteiger partial charge in [-0.2, -0.15) is 0 Å². The normalized spacial score (nSPS) is 24.0. The van der Waals surface area contributed by atoms with Crippen LogP contribution in [0.15, 0.2) is 48.5 Å². The maximum Gasteiger partial charge on any atom is 0.407 e. The maximum absolute atomic E-state index is 13.1. The van der Waals surface area contributed by atoms with Gasteiger partial charge in [0.25, 0.3) is 0 Å². The average Bonchev–Trinajstić information content (AvgIpc) is 3.49. The van der Waals surface area contributed by atoms with Crippen molar-refractivity contribution in [2.24, 2.45) is 0 Å². The molecule has 2 heterocycles. The number of amides is 2. The summed E-state index contributed by atoms with van der Waals surface area (Å²) in [6, 6.07) is 14.0. The molecule has 4 atom stereocenters. The lowest BCUT2D eigenvalue weighted by molar-refractivity contribution is -0.150. The van der Waals surface area contributed by atoms with Gasteiger partial charge in [0.05, 0.1) is 12.1 Å². The van der Waals surface area contributed by atoms with Crippen molar-refractivity contribution in [2.45, 2.75) is 49.9 Å². The molecule has 33 heavy (non-hydrogen) atoms. The second-order valence-electron chi connectivity index (χ2n) is 8.79.